The summed E-state index contributed by atoms with van der Waals surface area (Å²) in [4.78, 5) is 2.00. The van der Waals surface area contributed by atoms with Gasteiger partial charge in [0.2, 0.25) is 0 Å². The van der Waals surface area contributed by atoms with E-state index in [1.54, 1.807) is 6.92 Å². The van der Waals surface area contributed by atoms with Crippen molar-refractivity contribution in [1.29, 1.82) is 0 Å². The normalized spacial score (nSPS) is 27.5. The fourth-order valence-electron chi connectivity index (χ4n) is 1.80. The fraction of sp³-hybridized carbons (Fsp3) is 1.00. The van der Waals surface area contributed by atoms with Crippen LogP contribution in [0.15, 0.2) is 0 Å². The predicted octanol–water partition coefficient (Wildman–Crippen LogP) is 2.37. The highest BCUT2D eigenvalue weighted by Crippen LogP contribution is 2.33. The van der Waals surface area contributed by atoms with Crippen LogP contribution in [0.4, 0.5) is 8.78 Å². The van der Waals surface area contributed by atoms with Gasteiger partial charge in [-0.15, -0.1) is 0 Å². The molecule has 0 aliphatic carbocycles. The van der Waals surface area contributed by atoms with Crippen molar-refractivity contribution in [3.05, 3.63) is 0 Å². The lowest BCUT2D eigenvalue weighted by atomic mass is 9.90. The van der Waals surface area contributed by atoms with Gasteiger partial charge < -0.3 is 4.90 Å². The van der Waals surface area contributed by atoms with Crippen LogP contribution in [0.5, 0.6) is 0 Å². The van der Waals surface area contributed by atoms with Crippen LogP contribution in [0, 0.1) is 5.92 Å². The summed E-state index contributed by atoms with van der Waals surface area (Å²) in [6, 6.07) is 0. The summed E-state index contributed by atoms with van der Waals surface area (Å²) in [5, 5.41) is 0. The number of nitrogens with zero attached hydrogens (tertiary/aromatic N) is 1. The SMILES string of the molecule is CCC(F)(F)C1CCCN(C)C1. The minimum Gasteiger partial charge on any atom is -0.306 e. The quantitative estimate of drug-likeness (QED) is 0.626. The van der Waals surface area contributed by atoms with Crippen molar-refractivity contribution < 1.29 is 8.78 Å². The molecule has 0 aromatic rings. The van der Waals surface area contributed by atoms with Crippen LogP contribution >= 0.6 is 0 Å². The van der Waals surface area contributed by atoms with E-state index in [2.05, 4.69) is 0 Å². The summed E-state index contributed by atoms with van der Waals surface area (Å²) in [7, 11) is 1.91. The monoisotopic (exact) mass is 177 g/mol. The number of likely N-dealkylation sites (tertiary alicyclic amines) is 1. The molecule has 1 aliphatic rings. The molecule has 1 nitrogen and oxygen atoms in total. The molecule has 1 rings (SSSR count). The Hall–Kier alpha value is -0.180. The van der Waals surface area contributed by atoms with Gasteiger partial charge in [0.1, 0.15) is 0 Å². The van der Waals surface area contributed by atoms with E-state index in [0.717, 1.165) is 13.0 Å². The van der Waals surface area contributed by atoms with Crippen molar-refractivity contribution in [3.63, 3.8) is 0 Å². The van der Waals surface area contributed by atoms with E-state index in [1.807, 2.05) is 11.9 Å². The molecule has 1 heterocycles. The third kappa shape index (κ3) is 2.16. The van der Waals surface area contributed by atoms with Crippen molar-refractivity contribution in [1.82, 2.24) is 4.90 Å². The molecular formula is C9H17F2N. The summed E-state index contributed by atoms with van der Waals surface area (Å²) < 4.78 is 26.4. The van der Waals surface area contributed by atoms with Gasteiger partial charge in [0.15, 0.2) is 0 Å². The Morgan fingerprint density at radius 3 is 2.67 bits per heavy atom. The lowest BCUT2D eigenvalue weighted by Crippen LogP contribution is -2.41. The first kappa shape index (κ1) is 9.90. The van der Waals surface area contributed by atoms with Gasteiger partial charge in [-0.25, -0.2) is 8.78 Å². The third-order valence-electron chi connectivity index (χ3n) is 2.69. The van der Waals surface area contributed by atoms with Gasteiger partial charge in [-0.2, -0.15) is 0 Å². The zero-order valence-corrected chi connectivity index (χ0v) is 7.82. The standard InChI is InChI=1S/C9H17F2N/c1-3-9(10,11)8-5-4-6-12(2)7-8/h8H,3-7H2,1-2H3. The molecule has 0 saturated carbocycles. The Labute approximate surface area is 72.7 Å². The summed E-state index contributed by atoms with van der Waals surface area (Å²) in [5.41, 5.74) is 0. The van der Waals surface area contributed by atoms with Gasteiger partial charge in [0.05, 0.1) is 0 Å². The molecule has 1 aliphatic heterocycles. The van der Waals surface area contributed by atoms with Gasteiger partial charge in [0, 0.05) is 18.9 Å². The second-order valence-electron chi connectivity index (χ2n) is 3.72. The molecule has 1 unspecified atom stereocenters. The summed E-state index contributed by atoms with van der Waals surface area (Å²) in [6.07, 6.45) is 1.58. The average Bonchev–Trinajstić information content (AvgIpc) is 2.05. The first-order chi connectivity index (χ1) is 5.56. The highest BCUT2D eigenvalue weighted by Gasteiger charge is 2.38. The maximum absolute atomic E-state index is 13.2. The maximum atomic E-state index is 13.2. The van der Waals surface area contributed by atoms with Crippen molar-refractivity contribution in [3.8, 4) is 0 Å². The Kier molecular flexibility index (Phi) is 3.04. The fourth-order valence-corrected chi connectivity index (χ4v) is 1.80. The minimum atomic E-state index is -2.45. The molecule has 3 heteroatoms. The molecule has 1 atom stereocenters. The largest absolute Gasteiger partial charge is 0.306 e. The predicted molar refractivity (Wildman–Crippen MR) is 45.5 cm³/mol. The first-order valence-electron chi connectivity index (χ1n) is 4.62. The van der Waals surface area contributed by atoms with Crippen molar-refractivity contribution in [2.45, 2.75) is 32.1 Å². The molecule has 72 valence electrons. The summed E-state index contributed by atoms with van der Waals surface area (Å²) in [6.45, 7) is 3.09. The molecule has 0 amide bonds. The zero-order chi connectivity index (χ0) is 9.19. The lowest BCUT2D eigenvalue weighted by molar-refractivity contribution is -0.0819. The molecule has 0 radical (unpaired) electrons. The molecule has 0 aromatic heterocycles. The average molecular weight is 177 g/mol. The Morgan fingerprint density at radius 1 is 1.50 bits per heavy atom. The Bertz CT molecular complexity index is 147. The van der Waals surface area contributed by atoms with Crippen LogP contribution in [0.3, 0.4) is 0 Å². The van der Waals surface area contributed by atoms with Crippen LogP contribution in [0.2, 0.25) is 0 Å². The van der Waals surface area contributed by atoms with E-state index in [0.29, 0.717) is 13.0 Å². The Morgan fingerprint density at radius 2 is 2.17 bits per heavy atom. The van der Waals surface area contributed by atoms with E-state index in [-0.39, 0.29) is 6.42 Å². The van der Waals surface area contributed by atoms with Crippen molar-refractivity contribution >= 4 is 0 Å². The van der Waals surface area contributed by atoms with E-state index in [9.17, 15) is 8.78 Å². The summed E-state index contributed by atoms with van der Waals surface area (Å²) in [5.74, 6) is -2.87. The molecular weight excluding hydrogens is 160 g/mol. The number of halogens is 2. The molecule has 0 spiro atoms. The van der Waals surface area contributed by atoms with Gasteiger partial charge in [-0.05, 0) is 26.4 Å². The second kappa shape index (κ2) is 3.69. The third-order valence-corrected chi connectivity index (χ3v) is 2.69. The van der Waals surface area contributed by atoms with Crippen LogP contribution < -0.4 is 0 Å². The van der Waals surface area contributed by atoms with Crippen LogP contribution in [0.1, 0.15) is 26.2 Å². The zero-order valence-electron chi connectivity index (χ0n) is 7.82. The van der Waals surface area contributed by atoms with Gasteiger partial charge in [-0.3, -0.25) is 0 Å². The summed E-state index contributed by atoms with van der Waals surface area (Å²) >= 11 is 0. The number of hydrogen-bond acceptors (Lipinski definition) is 1. The van der Waals surface area contributed by atoms with E-state index in [1.165, 1.54) is 0 Å². The molecule has 1 saturated heterocycles. The first-order valence-corrected chi connectivity index (χ1v) is 4.62. The highest BCUT2D eigenvalue weighted by molar-refractivity contribution is 4.81. The smallest absolute Gasteiger partial charge is 0.251 e. The van der Waals surface area contributed by atoms with Gasteiger partial charge in [-0.1, -0.05) is 6.92 Å². The highest BCUT2D eigenvalue weighted by atomic mass is 19.3. The van der Waals surface area contributed by atoms with Crippen molar-refractivity contribution in [2.24, 2.45) is 5.92 Å². The van der Waals surface area contributed by atoms with Crippen LogP contribution in [0.25, 0.3) is 0 Å². The maximum Gasteiger partial charge on any atom is 0.251 e. The van der Waals surface area contributed by atoms with Crippen molar-refractivity contribution in [2.75, 3.05) is 20.1 Å². The number of piperidine rings is 1. The molecule has 1 fully saturated rings. The lowest BCUT2D eigenvalue weighted by Gasteiger charge is -2.34. The molecule has 0 N–H and O–H groups in total. The van der Waals surface area contributed by atoms with E-state index >= 15 is 0 Å². The number of alkyl halides is 2. The van der Waals surface area contributed by atoms with Crippen LogP contribution in [-0.2, 0) is 0 Å². The molecule has 0 aromatic carbocycles. The number of rotatable bonds is 2. The molecule has 0 bridgehead atoms. The topological polar surface area (TPSA) is 3.24 Å². The van der Waals surface area contributed by atoms with E-state index < -0.39 is 11.8 Å². The minimum absolute atomic E-state index is 0.0223. The van der Waals surface area contributed by atoms with E-state index in [4.69, 9.17) is 0 Å². The number of hydrogen-bond donors (Lipinski definition) is 0. The van der Waals surface area contributed by atoms with Gasteiger partial charge >= 0.3 is 0 Å². The van der Waals surface area contributed by atoms with Crippen LogP contribution in [-0.4, -0.2) is 31.0 Å². The second-order valence-corrected chi connectivity index (χ2v) is 3.72. The molecule has 12 heavy (non-hydrogen) atoms. The van der Waals surface area contributed by atoms with Gasteiger partial charge in [0.25, 0.3) is 5.92 Å². The Balaban J connectivity index is 2.50.